The van der Waals surface area contributed by atoms with Gasteiger partial charge in [0.25, 0.3) is 0 Å². The first-order valence-electron chi connectivity index (χ1n) is 4.16. The summed E-state index contributed by atoms with van der Waals surface area (Å²) >= 11 is 5.85. The van der Waals surface area contributed by atoms with Gasteiger partial charge < -0.3 is 9.52 Å². The van der Waals surface area contributed by atoms with Crippen LogP contribution in [0.25, 0.3) is 11.5 Å². The molecule has 5 nitrogen and oxygen atoms in total. The molecule has 2 aromatic rings. The lowest BCUT2D eigenvalue weighted by Crippen LogP contribution is -2.00. The molecule has 0 saturated carbocycles. The Morgan fingerprint density at radius 2 is 2.47 bits per heavy atom. The SMILES string of the molecule is O=C(O)Cc1cn[nH]c1-c1occc1Cl. The molecule has 0 amide bonds. The van der Waals surface area contributed by atoms with E-state index in [1.54, 1.807) is 6.07 Å². The van der Waals surface area contributed by atoms with Crippen molar-refractivity contribution < 1.29 is 14.3 Å². The van der Waals surface area contributed by atoms with Gasteiger partial charge in [-0.3, -0.25) is 9.89 Å². The number of carboxylic acids is 1. The van der Waals surface area contributed by atoms with Crippen LogP contribution in [0.4, 0.5) is 0 Å². The van der Waals surface area contributed by atoms with Gasteiger partial charge in [0, 0.05) is 5.56 Å². The molecule has 2 N–H and O–H groups in total. The van der Waals surface area contributed by atoms with Crippen LogP contribution >= 0.6 is 11.6 Å². The van der Waals surface area contributed by atoms with Crippen molar-refractivity contribution in [1.29, 1.82) is 0 Å². The highest BCUT2D eigenvalue weighted by Crippen LogP contribution is 2.29. The van der Waals surface area contributed by atoms with Gasteiger partial charge in [-0.05, 0) is 6.07 Å². The Labute approximate surface area is 89.7 Å². The minimum atomic E-state index is -0.930. The Bertz CT molecular complexity index is 489. The van der Waals surface area contributed by atoms with Crippen molar-refractivity contribution in [3.05, 3.63) is 29.1 Å². The molecule has 6 heteroatoms. The Morgan fingerprint density at radius 1 is 1.67 bits per heavy atom. The van der Waals surface area contributed by atoms with Crippen molar-refractivity contribution >= 4 is 17.6 Å². The number of hydrogen-bond acceptors (Lipinski definition) is 3. The molecule has 0 bridgehead atoms. The summed E-state index contributed by atoms with van der Waals surface area (Å²) in [6, 6.07) is 1.59. The highest BCUT2D eigenvalue weighted by molar-refractivity contribution is 6.32. The van der Waals surface area contributed by atoms with E-state index in [-0.39, 0.29) is 6.42 Å². The molecule has 0 aliphatic carbocycles. The molecule has 2 rings (SSSR count). The van der Waals surface area contributed by atoms with Crippen molar-refractivity contribution in [3.63, 3.8) is 0 Å². The van der Waals surface area contributed by atoms with Gasteiger partial charge in [0.2, 0.25) is 0 Å². The summed E-state index contributed by atoms with van der Waals surface area (Å²) in [7, 11) is 0. The molecule has 0 saturated heterocycles. The molecule has 0 fully saturated rings. The number of carbonyl (C=O) groups is 1. The van der Waals surface area contributed by atoms with E-state index in [0.29, 0.717) is 22.0 Å². The number of aliphatic carboxylic acids is 1. The van der Waals surface area contributed by atoms with Gasteiger partial charge in [0.1, 0.15) is 5.69 Å². The minimum absolute atomic E-state index is 0.122. The Morgan fingerprint density at radius 3 is 3.07 bits per heavy atom. The Balaban J connectivity index is 2.41. The molecule has 0 aliphatic heterocycles. The number of carboxylic acid groups (broad SMARTS) is 1. The first kappa shape index (κ1) is 9.79. The summed E-state index contributed by atoms with van der Waals surface area (Å²) < 4.78 is 5.13. The second-order valence-electron chi connectivity index (χ2n) is 2.94. The standard InChI is InChI=1S/C9H7ClN2O3/c10-6-1-2-15-9(6)8-5(3-7(13)14)4-11-12-8/h1-2,4H,3H2,(H,11,12)(H,13,14). The number of furan rings is 1. The average Bonchev–Trinajstić information content (AvgIpc) is 2.73. The Kier molecular flexibility index (Phi) is 2.47. The summed E-state index contributed by atoms with van der Waals surface area (Å²) in [5, 5.41) is 15.5. The zero-order chi connectivity index (χ0) is 10.8. The van der Waals surface area contributed by atoms with Crippen molar-refractivity contribution in [2.45, 2.75) is 6.42 Å². The van der Waals surface area contributed by atoms with Crippen LogP contribution in [0, 0.1) is 0 Å². The minimum Gasteiger partial charge on any atom is -0.481 e. The predicted octanol–water partition coefficient (Wildman–Crippen LogP) is 1.95. The van der Waals surface area contributed by atoms with Gasteiger partial charge in [-0.2, -0.15) is 5.10 Å². The van der Waals surface area contributed by atoms with Crippen LogP contribution in [0.3, 0.4) is 0 Å². The fourth-order valence-corrected chi connectivity index (χ4v) is 1.47. The monoisotopic (exact) mass is 226 g/mol. The second-order valence-corrected chi connectivity index (χ2v) is 3.35. The van der Waals surface area contributed by atoms with Crippen LogP contribution in [0.15, 0.2) is 22.9 Å². The lowest BCUT2D eigenvalue weighted by molar-refractivity contribution is -0.136. The van der Waals surface area contributed by atoms with Crippen molar-refractivity contribution in [1.82, 2.24) is 10.2 Å². The highest BCUT2D eigenvalue weighted by atomic mass is 35.5. The van der Waals surface area contributed by atoms with Crippen LogP contribution in [0.5, 0.6) is 0 Å². The lowest BCUT2D eigenvalue weighted by atomic mass is 10.1. The smallest absolute Gasteiger partial charge is 0.307 e. The van der Waals surface area contributed by atoms with Gasteiger partial charge in [0.05, 0.1) is 23.9 Å². The highest BCUT2D eigenvalue weighted by Gasteiger charge is 2.15. The summed E-state index contributed by atoms with van der Waals surface area (Å²) in [5.41, 5.74) is 1.05. The van der Waals surface area contributed by atoms with Gasteiger partial charge >= 0.3 is 5.97 Å². The third-order valence-electron chi connectivity index (χ3n) is 1.90. The maximum atomic E-state index is 10.6. The summed E-state index contributed by atoms with van der Waals surface area (Å²) in [5.74, 6) is -0.522. The average molecular weight is 227 g/mol. The Hall–Kier alpha value is -1.75. The quantitative estimate of drug-likeness (QED) is 0.838. The third-order valence-corrected chi connectivity index (χ3v) is 2.20. The van der Waals surface area contributed by atoms with Crippen LogP contribution in [-0.2, 0) is 11.2 Å². The maximum Gasteiger partial charge on any atom is 0.307 e. The summed E-state index contributed by atoms with van der Waals surface area (Å²) in [6.07, 6.45) is 2.76. The number of aromatic amines is 1. The molecule has 2 aromatic heterocycles. The van der Waals surface area contributed by atoms with E-state index in [1.807, 2.05) is 0 Å². The van der Waals surface area contributed by atoms with E-state index in [0.717, 1.165) is 0 Å². The van der Waals surface area contributed by atoms with Crippen molar-refractivity contribution in [2.24, 2.45) is 0 Å². The lowest BCUT2D eigenvalue weighted by Gasteiger charge is -1.97. The number of nitrogens with one attached hydrogen (secondary N) is 1. The number of rotatable bonds is 3. The molecule has 0 spiro atoms. The summed E-state index contributed by atoms with van der Waals surface area (Å²) in [4.78, 5) is 10.6. The maximum absolute atomic E-state index is 10.6. The topological polar surface area (TPSA) is 79.1 Å². The molecule has 0 radical (unpaired) electrons. The van der Waals surface area contributed by atoms with Crippen LogP contribution < -0.4 is 0 Å². The number of halogens is 1. The first-order chi connectivity index (χ1) is 7.18. The van der Waals surface area contributed by atoms with E-state index < -0.39 is 5.97 Å². The molecular weight excluding hydrogens is 220 g/mol. The molecule has 0 aromatic carbocycles. The molecular formula is C9H7ClN2O3. The van der Waals surface area contributed by atoms with E-state index in [4.69, 9.17) is 21.1 Å². The van der Waals surface area contributed by atoms with Gasteiger partial charge in [-0.15, -0.1) is 0 Å². The van der Waals surface area contributed by atoms with E-state index in [1.165, 1.54) is 12.5 Å². The number of H-pyrrole nitrogens is 1. The normalized spacial score (nSPS) is 10.5. The predicted molar refractivity (Wildman–Crippen MR) is 52.6 cm³/mol. The van der Waals surface area contributed by atoms with E-state index in [9.17, 15) is 4.79 Å². The van der Waals surface area contributed by atoms with Crippen LogP contribution in [0.2, 0.25) is 5.02 Å². The van der Waals surface area contributed by atoms with Gasteiger partial charge in [0.15, 0.2) is 5.76 Å². The van der Waals surface area contributed by atoms with Crippen molar-refractivity contribution in [3.8, 4) is 11.5 Å². The van der Waals surface area contributed by atoms with E-state index >= 15 is 0 Å². The zero-order valence-electron chi connectivity index (χ0n) is 7.53. The first-order valence-corrected chi connectivity index (χ1v) is 4.53. The number of aromatic nitrogens is 2. The zero-order valence-corrected chi connectivity index (χ0v) is 8.28. The molecule has 0 unspecified atom stereocenters. The van der Waals surface area contributed by atoms with Crippen LogP contribution in [0.1, 0.15) is 5.56 Å². The molecule has 0 aliphatic rings. The summed E-state index contributed by atoms with van der Waals surface area (Å²) in [6.45, 7) is 0. The number of hydrogen-bond donors (Lipinski definition) is 2. The second kappa shape index (κ2) is 3.78. The molecule has 2 heterocycles. The molecule has 15 heavy (non-hydrogen) atoms. The fraction of sp³-hybridized carbons (Fsp3) is 0.111. The third kappa shape index (κ3) is 1.87. The van der Waals surface area contributed by atoms with Gasteiger partial charge in [-0.25, -0.2) is 0 Å². The van der Waals surface area contributed by atoms with Crippen molar-refractivity contribution in [2.75, 3.05) is 0 Å². The largest absolute Gasteiger partial charge is 0.481 e. The molecule has 0 atom stereocenters. The van der Waals surface area contributed by atoms with Gasteiger partial charge in [-0.1, -0.05) is 11.6 Å². The number of nitrogens with zero attached hydrogens (tertiary/aromatic N) is 1. The molecule has 78 valence electrons. The van der Waals surface area contributed by atoms with E-state index in [2.05, 4.69) is 10.2 Å². The van der Waals surface area contributed by atoms with Crippen LogP contribution in [-0.4, -0.2) is 21.3 Å². The fourth-order valence-electron chi connectivity index (χ4n) is 1.28.